The zero-order chi connectivity index (χ0) is 23.2. The number of fused-ring (bicyclic) bond motifs is 1. The third-order valence-corrected chi connectivity index (χ3v) is 7.23. The van der Waals surface area contributed by atoms with Gasteiger partial charge in [-0.25, -0.2) is 4.98 Å². The van der Waals surface area contributed by atoms with Gasteiger partial charge < -0.3 is 20.9 Å². The lowest BCUT2D eigenvalue weighted by Crippen LogP contribution is -2.62. The van der Waals surface area contributed by atoms with Crippen molar-refractivity contribution in [1.82, 2.24) is 25.8 Å². The Labute approximate surface area is 195 Å². The third kappa shape index (κ3) is 5.81. The number of carbonyl (C=O) groups excluding carboxylic acids is 2. The Bertz CT molecular complexity index is 861. The van der Waals surface area contributed by atoms with E-state index >= 15 is 0 Å². The van der Waals surface area contributed by atoms with Gasteiger partial charge in [-0.05, 0) is 43.9 Å². The Kier molecular flexibility index (Phi) is 7.78. The van der Waals surface area contributed by atoms with E-state index < -0.39 is 0 Å². The molecule has 4 rings (SSSR count). The quantitative estimate of drug-likeness (QED) is 0.522. The van der Waals surface area contributed by atoms with Gasteiger partial charge in [0, 0.05) is 57.3 Å². The molecule has 3 aliphatic rings. The van der Waals surface area contributed by atoms with E-state index in [2.05, 4.69) is 37.7 Å². The van der Waals surface area contributed by atoms with E-state index in [9.17, 15) is 9.59 Å². The first-order valence-corrected chi connectivity index (χ1v) is 12.2. The smallest absolute Gasteiger partial charge is 0.269 e. The second-order valence-corrected chi connectivity index (χ2v) is 9.43. The highest BCUT2D eigenvalue weighted by atomic mass is 16.2. The van der Waals surface area contributed by atoms with Gasteiger partial charge in [0.1, 0.15) is 5.69 Å². The van der Waals surface area contributed by atoms with Gasteiger partial charge in [-0.15, -0.1) is 0 Å². The molecule has 178 valence electrons. The van der Waals surface area contributed by atoms with Crippen molar-refractivity contribution in [2.24, 2.45) is 11.8 Å². The zero-order valence-electron chi connectivity index (χ0n) is 19.4. The lowest BCUT2D eigenvalue weighted by molar-refractivity contribution is -0.129. The molecule has 9 nitrogen and oxygen atoms in total. The van der Waals surface area contributed by atoms with Crippen LogP contribution < -0.4 is 20.9 Å². The van der Waals surface area contributed by atoms with E-state index in [4.69, 9.17) is 5.26 Å². The molecule has 0 spiro atoms. The Morgan fingerprint density at radius 2 is 2.06 bits per heavy atom. The van der Waals surface area contributed by atoms with Crippen molar-refractivity contribution >= 4 is 17.5 Å². The number of nitrogens with zero attached hydrogens (tertiary/aromatic N) is 4. The van der Waals surface area contributed by atoms with Crippen LogP contribution >= 0.6 is 0 Å². The molecule has 3 saturated heterocycles. The van der Waals surface area contributed by atoms with Crippen molar-refractivity contribution in [3.63, 3.8) is 0 Å². The highest BCUT2D eigenvalue weighted by molar-refractivity contribution is 5.92. The largest absolute Gasteiger partial charge is 0.368 e. The summed E-state index contributed by atoms with van der Waals surface area (Å²) < 4.78 is 0. The summed E-state index contributed by atoms with van der Waals surface area (Å²) in [4.78, 5) is 33.5. The molecule has 3 fully saturated rings. The number of nitrogens with one attached hydrogen (secondary N) is 3. The number of hydrogen-bond donors (Lipinski definition) is 3. The number of piperazine rings is 1. The number of pyridine rings is 1. The number of nitriles is 1. The molecule has 0 aliphatic carbocycles. The predicted octanol–water partition coefficient (Wildman–Crippen LogP) is 0.740. The van der Waals surface area contributed by atoms with E-state index in [0.717, 1.165) is 64.2 Å². The van der Waals surface area contributed by atoms with Crippen LogP contribution in [-0.2, 0) is 4.79 Å². The molecule has 9 heteroatoms. The lowest BCUT2D eigenvalue weighted by Gasteiger charge is -2.44. The fourth-order valence-electron chi connectivity index (χ4n) is 5.26. The van der Waals surface area contributed by atoms with Crippen LogP contribution in [0.1, 0.15) is 43.1 Å². The van der Waals surface area contributed by atoms with Crippen LogP contribution in [0.2, 0.25) is 0 Å². The zero-order valence-corrected chi connectivity index (χ0v) is 19.4. The van der Waals surface area contributed by atoms with Crippen LogP contribution in [0.5, 0.6) is 0 Å². The van der Waals surface area contributed by atoms with Gasteiger partial charge >= 0.3 is 0 Å². The van der Waals surface area contributed by atoms with E-state index in [-0.39, 0.29) is 23.8 Å². The van der Waals surface area contributed by atoms with Gasteiger partial charge in [0.15, 0.2) is 0 Å². The number of carbonyl (C=O) groups is 2. The summed E-state index contributed by atoms with van der Waals surface area (Å²) in [6, 6.07) is 6.39. The minimum absolute atomic E-state index is 0.157. The van der Waals surface area contributed by atoms with Crippen LogP contribution in [0.3, 0.4) is 0 Å². The molecule has 0 saturated carbocycles. The number of piperidine rings is 2. The summed E-state index contributed by atoms with van der Waals surface area (Å²) in [6.07, 6.45) is 4.99. The number of anilines is 1. The molecule has 1 aromatic heterocycles. The molecule has 0 aromatic carbocycles. The van der Waals surface area contributed by atoms with Crippen LogP contribution in [0.25, 0.3) is 0 Å². The van der Waals surface area contributed by atoms with Gasteiger partial charge in [-0.2, -0.15) is 5.26 Å². The summed E-state index contributed by atoms with van der Waals surface area (Å²) in [5.74, 6) is 0.695. The maximum atomic E-state index is 12.3. The Hall–Kier alpha value is -2.70. The van der Waals surface area contributed by atoms with Crippen molar-refractivity contribution in [2.45, 2.75) is 44.7 Å². The van der Waals surface area contributed by atoms with Crippen LogP contribution in [-0.4, -0.2) is 79.6 Å². The highest BCUT2D eigenvalue weighted by Gasteiger charge is 2.39. The molecule has 0 bridgehead atoms. The van der Waals surface area contributed by atoms with E-state index in [0.29, 0.717) is 30.6 Å². The van der Waals surface area contributed by atoms with E-state index in [1.165, 1.54) is 0 Å². The summed E-state index contributed by atoms with van der Waals surface area (Å²) in [7, 11) is 0. The number of aromatic nitrogens is 1. The van der Waals surface area contributed by atoms with Gasteiger partial charge in [-0.3, -0.25) is 14.5 Å². The molecular formula is C24H35N7O2. The maximum Gasteiger partial charge on any atom is 0.269 e. The molecule has 33 heavy (non-hydrogen) atoms. The fourth-order valence-corrected chi connectivity index (χ4v) is 5.26. The molecule has 1 aromatic rings. The maximum absolute atomic E-state index is 12.3. The summed E-state index contributed by atoms with van der Waals surface area (Å²) in [6.45, 7) is 8.34. The SMILES string of the molecule is CCC1CC2NCC(CN3CCN(c4ccc(C(=O)NCCC#N)nc4)CC3)CC2NC1=O. The van der Waals surface area contributed by atoms with Crippen molar-refractivity contribution in [3.8, 4) is 6.07 Å². The monoisotopic (exact) mass is 453 g/mol. The van der Waals surface area contributed by atoms with E-state index in [1.54, 1.807) is 12.3 Å². The number of amides is 2. The Morgan fingerprint density at radius 3 is 2.76 bits per heavy atom. The van der Waals surface area contributed by atoms with Gasteiger partial charge in [-0.1, -0.05) is 6.92 Å². The molecule has 3 N–H and O–H groups in total. The van der Waals surface area contributed by atoms with Crippen LogP contribution in [0.15, 0.2) is 18.3 Å². The van der Waals surface area contributed by atoms with Crippen molar-refractivity contribution in [3.05, 3.63) is 24.0 Å². The van der Waals surface area contributed by atoms with Crippen molar-refractivity contribution in [2.75, 3.05) is 50.7 Å². The lowest BCUT2D eigenvalue weighted by atomic mass is 9.80. The standard InChI is InChI=1S/C24H35N7O2/c1-2-18-13-21-22(29-23(18)32)12-17(14-27-21)16-30-8-10-31(11-9-30)19-4-5-20(28-15-19)24(33)26-7-3-6-25/h4-5,15,17-18,21-22,27H,2-3,7-14,16H2,1H3,(H,26,33)(H,29,32). The second kappa shape index (κ2) is 10.9. The summed E-state index contributed by atoms with van der Waals surface area (Å²) >= 11 is 0. The molecule has 2 amide bonds. The van der Waals surface area contributed by atoms with Crippen LogP contribution in [0.4, 0.5) is 5.69 Å². The van der Waals surface area contributed by atoms with Crippen molar-refractivity contribution in [1.29, 1.82) is 5.26 Å². The van der Waals surface area contributed by atoms with E-state index in [1.807, 2.05) is 12.1 Å². The number of rotatable bonds is 7. The van der Waals surface area contributed by atoms with Gasteiger partial charge in [0.05, 0.1) is 24.4 Å². The first-order chi connectivity index (χ1) is 16.1. The van der Waals surface area contributed by atoms with Crippen molar-refractivity contribution < 1.29 is 9.59 Å². The third-order valence-electron chi connectivity index (χ3n) is 7.23. The Morgan fingerprint density at radius 1 is 1.24 bits per heavy atom. The molecule has 3 aliphatic heterocycles. The molecule has 4 atom stereocenters. The topological polar surface area (TPSA) is 113 Å². The minimum Gasteiger partial charge on any atom is -0.368 e. The average Bonchev–Trinajstić information content (AvgIpc) is 2.84. The minimum atomic E-state index is -0.246. The molecule has 4 heterocycles. The summed E-state index contributed by atoms with van der Waals surface area (Å²) in [5.41, 5.74) is 1.40. The summed E-state index contributed by atoms with van der Waals surface area (Å²) in [5, 5.41) is 18.2. The predicted molar refractivity (Wildman–Crippen MR) is 126 cm³/mol. The highest BCUT2D eigenvalue weighted by Crippen LogP contribution is 2.27. The molecular weight excluding hydrogens is 418 g/mol. The first-order valence-electron chi connectivity index (χ1n) is 12.2. The molecule has 0 radical (unpaired) electrons. The fraction of sp³-hybridized carbons (Fsp3) is 0.667. The second-order valence-electron chi connectivity index (χ2n) is 9.43. The van der Waals surface area contributed by atoms with Gasteiger partial charge in [0.2, 0.25) is 5.91 Å². The first kappa shape index (κ1) is 23.5. The normalized spacial score (nSPS) is 27.9. The number of hydrogen-bond acceptors (Lipinski definition) is 7. The average molecular weight is 454 g/mol. The Balaban J connectivity index is 1.21. The van der Waals surface area contributed by atoms with Crippen LogP contribution in [0, 0.1) is 23.2 Å². The van der Waals surface area contributed by atoms with Gasteiger partial charge in [0.25, 0.3) is 5.91 Å². The molecule has 4 unspecified atom stereocenters.